The molecular weight excluding hydrogens is 248 g/mol. The lowest BCUT2D eigenvalue weighted by atomic mass is 10.2. The molecule has 0 N–H and O–H groups in total. The van der Waals surface area contributed by atoms with Crippen molar-refractivity contribution in [1.82, 2.24) is 10.2 Å². The Balaban J connectivity index is 1.91. The molecule has 19 heavy (non-hydrogen) atoms. The van der Waals surface area contributed by atoms with E-state index in [-0.39, 0.29) is 12.7 Å². The van der Waals surface area contributed by atoms with Crippen LogP contribution in [0, 0.1) is 0 Å². The first-order chi connectivity index (χ1) is 9.15. The number of rotatable bonds is 5. The van der Waals surface area contributed by atoms with Gasteiger partial charge in [-0.2, -0.15) is 0 Å². The van der Waals surface area contributed by atoms with E-state index in [1.807, 2.05) is 0 Å². The molecule has 1 aromatic carbocycles. The summed E-state index contributed by atoms with van der Waals surface area (Å²) in [4.78, 5) is 11.3. The van der Waals surface area contributed by atoms with Crippen LogP contribution < -0.4 is 4.74 Å². The smallest absolute Gasteiger partial charge is 0.344 e. The van der Waals surface area contributed by atoms with Gasteiger partial charge in [-0.25, -0.2) is 4.79 Å². The Kier molecular flexibility index (Phi) is 4.12. The molecule has 0 atom stereocenters. The number of carbonyl (C=O) groups is 1. The summed E-state index contributed by atoms with van der Waals surface area (Å²) in [6, 6.07) is 7.00. The summed E-state index contributed by atoms with van der Waals surface area (Å²) in [5, 5.41) is 7.39. The number of esters is 1. The lowest BCUT2D eigenvalue weighted by Crippen LogP contribution is -2.18. The predicted molar refractivity (Wildman–Crippen MR) is 66.5 cm³/mol. The van der Waals surface area contributed by atoms with Crippen molar-refractivity contribution in [2.24, 2.45) is 0 Å². The molecule has 0 radical (unpaired) electrons. The van der Waals surface area contributed by atoms with Gasteiger partial charge in [0.05, 0.1) is 6.10 Å². The number of carbonyl (C=O) groups excluding carboxylic acids is 1. The van der Waals surface area contributed by atoms with Crippen molar-refractivity contribution >= 4 is 5.97 Å². The van der Waals surface area contributed by atoms with Crippen molar-refractivity contribution in [2.45, 2.75) is 20.0 Å². The average Bonchev–Trinajstić information content (AvgIpc) is 2.90. The van der Waals surface area contributed by atoms with Crippen molar-refractivity contribution in [1.29, 1.82) is 0 Å². The van der Waals surface area contributed by atoms with Crippen LogP contribution in [-0.4, -0.2) is 28.9 Å². The van der Waals surface area contributed by atoms with E-state index in [1.54, 1.807) is 38.1 Å². The van der Waals surface area contributed by atoms with Gasteiger partial charge in [-0.1, -0.05) is 0 Å². The van der Waals surface area contributed by atoms with E-state index in [2.05, 4.69) is 10.2 Å². The van der Waals surface area contributed by atoms with E-state index in [0.717, 1.165) is 5.56 Å². The second-order valence-electron chi connectivity index (χ2n) is 4.10. The third-order valence-electron chi connectivity index (χ3n) is 2.19. The van der Waals surface area contributed by atoms with E-state index in [4.69, 9.17) is 13.9 Å². The van der Waals surface area contributed by atoms with Crippen molar-refractivity contribution in [3.63, 3.8) is 0 Å². The third kappa shape index (κ3) is 3.80. The molecule has 0 spiro atoms. The molecule has 1 aromatic heterocycles. The van der Waals surface area contributed by atoms with Crippen molar-refractivity contribution in [2.75, 3.05) is 6.61 Å². The Morgan fingerprint density at radius 1 is 1.32 bits per heavy atom. The van der Waals surface area contributed by atoms with E-state index in [9.17, 15) is 4.79 Å². The Bertz CT molecular complexity index is 520. The van der Waals surface area contributed by atoms with Gasteiger partial charge < -0.3 is 13.9 Å². The second kappa shape index (κ2) is 5.99. The average molecular weight is 262 g/mol. The van der Waals surface area contributed by atoms with Crippen molar-refractivity contribution in [3.8, 4) is 17.2 Å². The minimum atomic E-state index is -0.393. The van der Waals surface area contributed by atoms with E-state index in [0.29, 0.717) is 11.6 Å². The summed E-state index contributed by atoms with van der Waals surface area (Å²) in [6.45, 7) is 3.46. The molecule has 0 aliphatic carbocycles. The van der Waals surface area contributed by atoms with Gasteiger partial charge in [0.15, 0.2) is 6.61 Å². The highest BCUT2D eigenvalue weighted by atomic mass is 16.6. The quantitative estimate of drug-likeness (QED) is 0.768. The van der Waals surface area contributed by atoms with Gasteiger partial charge in [-0.3, -0.25) is 0 Å². The van der Waals surface area contributed by atoms with Crippen LogP contribution in [-0.2, 0) is 9.53 Å². The maximum atomic E-state index is 11.3. The Morgan fingerprint density at radius 3 is 2.63 bits per heavy atom. The number of ether oxygens (including phenoxy) is 2. The number of nitrogens with zero attached hydrogens (tertiary/aromatic N) is 2. The number of aromatic nitrogens is 2. The SMILES string of the molecule is CC(C)OC(=O)COc1ccc(-c2nnco2)cc1. The lowest BCUT2D eigenvalue weighted by molar-refractivity contribution is -0.149. The van der Waals surface area contributed by atoms with Crippen LogP contribution in [0.4, 0.5) is 0 Å². The Hall–Kier alpha value is -2.37. The highest BCUT2D eigenvalue weighted by molar-refractivity contribution is 5.71. The minimum Gasteiger partial charge on any atom is -0.482 e. The number of hydrogen-bond donors (Lipinski definition) is 0. The second-order valence-corrected chi connectivity index (χ2v) is 4.10. The molecule has 0 unspecified atom stereocenters. The molecule has 0 amide bonds. The maximum Gasteiger partial charge on any atom is 0.344 e. The monoisotopic (exact) mass is 262 g/mol. The summed E-state index contributed by atoms with van der Waals surface area (Å²) in [7, 11) is 0. The molecule has 0 fully saturated rings. The summed E-state index contributed by atoms with van der Waals surface area (Å²) < 4.78 is 15.3. The molecule has 2 aromatic rings. The largest absolute Gasteiger partial charge is 0.482 e. The van der Waals surface area contributed by atoms with E-state index < -0.39 is 5.97 Å². The summed E-state index contributed by atoms with van der Waals surface area (Å²) >= 11 is 0. The molecule has 6 nitrogen and oxygen atoms in total. The van der Waals surface area contributed by atoms with Crippen LogP contribution in [0.25, 0.3) is 11.5 Å². The molecule has 100 valence electrons. The zero-order valence-electron chi connectivity index (χ0n) is 10.7. The number of hydrogen-bond acceptors (Lipinski definition) is 6. The van der Waals surface area contributed by atoms with Gasteiger partial charge in [0, 0.05) is 5.56 Å². The maximum absolute atomic E-state index is 11.3. The normalized spacial score (nSPS) is 10.5. The van der Waals surface area contributed by atoms with Crippen LogP contribution in [0.5, 0.6) is 5.75 Å². The van der Waals surface area contributed by atoms with Crippen molar-refractivity contribution in [3.05, 3.63) is 30.7 Å². The van der Waals surface area contributed by atoms with Crippen LogP contribution in [0.3, 0.4) is 0 Å². The number of benzene rings is 1. The van der Waals surface area contributed by atoms with E-state index in [1.165, 1.54) is 6.39 Å². The van der Waals surface area contributed by atoms with E-state index >= 15 is 0 Å². The zero-order valence-corrected chi connectivity index (χ0v) is 10.7. The molecule has 0 saturated carbocycles. The van der Waals surface area contributed by atoms with Crippen molar-refractivity contribution < 1.29 is 18.7 Å². The minimum absolute atomic E-state index is 0.113. The fourth-order valence-electron chi connectivity index (χ4n) is 1.43. The first kappa shape index (κ1) is 13.1. The fraction of sp³-hybridized carbons (Fsp3) is 0.308. The lowest BCUT2D eigenvalue weighted by Gasteiger charge is -2.09. The zero-order chi connectivity index (χ0) is 13.7. The standard InChI is InChI=1S/C13H14N2O4/c1-9(2)19-12(16)7-17-11-5-3-10(4-6-11)13-15-14-8-18-13/h3-6,8-9H,7H2,1-2H3. The van der Waals surface area contributed by atoms with Gasteiger partial charge in [0.1, 0.15) is 5.75 Å². The molecule has 6 heteroatoms. The van der Waals surface area contributed by atoms with Gasteiger partial charge in [-0.05, 0) is 38.1 Å². The van der Waals surface area contributed by atoms with Gasteiger partial charge in [0.25, 0.3) is 0 Å². The van der Waals surface area contributed by atoms with Crippen LogP contribution in [0.1, 0.15) is 13.8 Å². The molecular formula is C13H14N2O4. The summed E-state index contributed by atoms with van der Waals surface area (Å²) in [5.41, 5.74) is 0.787. The topological polar surface area (TPSA) is 74.5 Å². The molecule has 0 aliphatic heterocycles. The first-order valence-corrected chi connectivity index (χ1v) is 5.84. The molecule has 0 saturated heterocycles. The van der Waals surface area contributed by atoms with Gasteiger partial charge in [-0.15, -0.1) is 10.2 Å². The van der Waals surface area contributed by atoms with Gasteiger partial charge in [0.2, 0.25) is 12.3 Å². The third-order valence-corrected chi connectivity index (χ3v) is 2.19. The van der Waals surface area contributed by atoms with Crippen LogP contribution >= 0.6 is 0 Å². The van der Waals surface area contributed by atoms with Crippen LogP contribution in [0.15, 0.2) is 35.1 Å². The van der Waals surface area contributed by atoms with Gasteiger partial charge >= 0.3 is 5.97 Å². The van der Waals surface area contributed by atoms with Crippen LogP contribution in [0.2, 0.25) is 0 Å². The highest BCUT2D eigenvalue weighted by Gasteiger charge is 2.07. The molecule has 2 rings (SSSR count). The summed E-state index contributed by atoms with van der Waals surface area (Å²) in [5.74, 6) is 0.616. The highest BCUT2D eigenvalue weighted by Crippen LogP contribution is 2.20. The molecule has 1 heterocycles. The fourth-order valence-corrected chi connectivity index (χ4v) is 1.43. The molecule has 0 bridgehead atoms. The first-order valence-electron chi connectivity index (χ1n) is 5.84. The Labute approximate surface area is 110 Å². The predicted octanol–water partition coefficient (Wildman–Crippen LogP) is 2.07. The summed E-state index contributed by atoms with van der Waals surface area (Å²) in [6.07, 6.45) is 1.12. The Morgan fingerprint density at radius 2 is 2.05 bits per heavy atom. The molecule has 0 aliphatic rings.